The molecule has 1 aliphatic rings. The molecule has 1 aliphatic heterocycles. The van der Waals surface area contributed by atoms with E-state index in [4.69, 9.17) is 17.3 Å². The van der Waals surface area contributed by atoms with Gasteiger partial charge in [-0.3, -0.25) is 9.59 Å². The number of ketones is 1. The maximum Gasteiger partial charge on any atom is 0.223 e. The summed E-state index contributed by atoms with van der Waals surface area (Å²) < 4.78 is 0. The summed E-state index contributed by atoms with van der Waals surface area (Å²) in [6.07, 6.45) is 0.948. The Bertz CT molecular complexity index is 476. The number of nitrogens with zero attached hydrogens (tertiary/aromatic N) is 1. The molecule has 1 aromatic rings. The maximum absolute atomic E-state index is 12.4. The minimum Gasteiger partial charge on any atom is -0.331 e. The summed E-state index contributed by atoms with van der Waals surface area (Å²) in [7, 11) is 0. The number of halogens is 1. The lowest BCUT2D eigenvalue weighted by molar-refractivity contribution is -0.128. The molecule has 0 spiro atoms. The van der Waals surface area contributed by atoms with Crippen molar-refractivity contribution in [2.75, 3.05) is 13.1 Å². The van der Waals surface area contributed by atoms with E-state index >= 15 is 0 Å². The Morgan fingerprint density at radius 1 is 1.44 bits per heavy atom. The zero-order chi connectivity index (χ0) is 13.1. The fourth-order valence-corrected chi connectivity index (χ4v) is 2.50. The van der Waals surface area contributed by atoms with Crippen LogP contribution in [-0.4, -0.2) is 35.7 Å². The van der Waals surface area contributed by atoms with Gasteiger partial charge in [-0.15, -0.1) is 0 Å². The van der Waals surface area contributed by atoms with Gasteiger partial charge in [0.05, 0.1) is 11.1 Å². The van der Waals surface area contributed by atoms with E-state index in [0.717, 1.165) is 0 Å². The predicted molar refractivity (Wildman–Crippen MR) is 69.6 cm³/mol. The Hall–Kier alpha value is -1.39. The smallest absolute Gasteiger partial charge is 0.223 e. The lowest BCUT2D eigenvalue weighted by Crippen LogP contribution is -2.41. The third-order valence-electron chi connectivity index (χ3n) is 3.14. The van der Waals surface area contributed by atoms with Crippen molar-refractivity contribution in [3.63, 3.8) is 0 Å². The topological polar surface area (TPSA) is 63.4 Å². The van der Waals surface area contributed by atoms with Crippen LogP contribution in [-0.2, 0) is 4.79 Å². The van der Waals surface area contributed by atoms with Crippen LogP contribution < -0.4 is 5.73 Å². The Morgan fingerprint density at radius 2 is 2.17 bits per heavy atom. The van der Waals surface area contributed by atoms with Gasteiger partial charge in [-0.05, 0) is 18.6 Å². The molecule has 96 valence electrons. The van der Waals surface area contributed by atoms with Gasteiger partial charge in [0.15, 0.2) is 5.78 Å². The summed E-state index contributed by atoms with van der Waals surface area (Å²) in [6.45, 7) is 0.776. The lowest BCUT2D eigenvalue weighted by Gasteiger charge is -2.23. The Labute approximate surface area is 111 Å². The summed E-state index contributed by atoms with van der Waals surface area (Å²) >= 11 is 6.01. The van der Waals surface area contributed by atoms with Crippen molar-refractivity contribution < 1.29 is 9.59 Å². The Balaban J connectivity index is 2.23. The maximum atomic E-state index is 12.4. The fourth-order valence-electron chi connectivity index (χ4n) is 2.27. The molecule has 2 rings (SSSR count). The molecule has 4 nitrogen and oxygen atoms in total. The first-order valence-corrected chi connectivity index (χ1v) is 6.31. The van der Waals surface area contributed by atoms with Gasteiger partial charge in [0.2, 0.25) is 5.91 Å². The lowest BCUT2D eigenvalue weighted by atomic mass is 10.0. The molecule has 1 saturated heterocycles. The van der Waals surface area contributed by atoms with Crippen LogP contribution in [0.5, 0.6) is 0 Å². The monoisotopic (exact) mass is 266 g/mol. The van der Waals surface area contributed by atoms with Gasteiger partial charge in [0, 0.05) is 25.1 Å². The van der Waals surface area contributed by atoms with Crippen molar-refractivity contribution >= 4 is 23.3 Å². The molecule has 0 aromatic heterocycles. The summed E-state index contributed by atoms with van der Waals surface area (Å²) in [5, 5.41) is 0.426. The average Bonchev–Trinajstić information content (AvgIpc) is 2.72. The third kappa shape index (κ3) is 2.40. The number of hydrogen-bond acceptors (Lipinski definition) is 3. The molecule has 0 saturated carbocycles. The average molecular weight is 267 g/mol. The van der Waals surface area contributed by atoms with Gasteiger partial charge in [0.1, 0.15) is 0 Å². The number of likely N-dealkylation sites (tertiary alicyclic amines) is 1. The Morgan fingerprint density at radius 3 is 2.83 bits per heavy atom. The highest BCUT2D eigenvalue weighted by Gasteiger charge is 2.36. The van der Waals surface area contributed by atoms with Crippen molar-refractivity contribution in [2.45, 2.75) is 18.9 Å². The summed E-state index contributed by atoms with van der Waals surface area (Å²) in [4.78, 5) is 25.6. The van der Waals surface area contributed by atoms with Crippen LogP contribution in [0.1, 0.15) is 23.2 Å². The second kappa shape index (κ2) is 5.50. The van der Waals surface area contributed by atoms with Gasteiger partial charge in [-0.25, -0.2) is 0 Å². The predicted octanol–water partition coefficient (Wildman–Crippen LogP) is 1.47. The van der Waals surface area contributed by atoms with Gasteiger partial charge < -0.3 is 10.6 Å². The van der Waals surface area contributed by atoms with E-state index in [-0.39, 0.29) is 11.7 Å². The van der Waals surface area contributed by atoms with Crippen molar-refractivity contribution in [3.05, 3.63) is 34.9 Å². The largest absolute Gasteiger partial charge is 0.331 e. The highest BCUT2D eigenvalue weighted by molar-refractivity contribution is 6.34. The third-order valence-corrected chi connectivity index (χ3v) is 3.47. The normalized spacial score (nSPS) is 19.3. The van der Waals surface area contributed by atoms with Crippen LogP contribution in [0.15, 0.2) is 24.3 Å². The number of hydrogen-bond donors (Lipinski definition) is 1. The molecule has 1 heterocycles. The summed E-state index contributed by atoms with van der Waals surface area (Å²) in [5.74, 6) is -0.106. The minimum atomic E-state index is -0.416. The van der Waals surface area contributed by atoms with Crippen LogP contribution in [0.3, 0.4) is 0 Å². The first-order valence-electron chi connectivity index (χ1n) is 5.93. The van der Waals surface area contributed by atoms with Gasteiger partial charge in [-0.1, -0.05) is 23.7 Å². The highest BCUT2D eigenvalue weighted by Crippen LogP contribution is 2.25. The first-order chi connectivity index (χ1) is 8.65. The number of carbonyl (C=O) groups is 2. The van der Waals surface area contributed by atoms with E-state index in [1.807, 2.05) is 0 Å². The zero-order valence-corrected chi connectivity index (χ0v) is 10.7. The van der Waals surface area contributed by atoms with Gasteiger partial charge in [0.25, 0.3) is 0 Å². The zero-order valence-electron chi connectivity index (χ0n) is 9.93. The molecule has 0 unspecified atom stereocenters. The Kier molecular flexibility index (Phi) is 3.99. The number of benzene rings is 1. The molecule has 2 N–H and O–H groups in total. The molecule has 0 bridgehead atoms. The van der Waals surface area contributed by atoms with Gasteiger partial charge >= 0.3 is 0 Å². The SMILES string of the molecule is NCCN1C(=O)CC[C@H]1C(=O)c1ccccc1Cl. The fraction of sp³-hybridized carbons (Fsp3) is 0.385. The van der Waals surface area contributed by atoms with E-state index in [0.29, 0.717) is 36.5 Å². The van der Waals surface area contributed by atoms with E-state index in [1.165, 1.54) is 0 Å². The quantitative estimate of drug-likeness (QED) is 0.840. The molecule has 1 atom stereocenters. The second-order valence-electron chi connectivity index (χ2n) is 4.27. The second-order valence-corrected chi connectivity index (χ2v) is 4.68. The number of rotatable bonds is 4. The number of Topliss-reactive ketones (excluding diaryl/α,β-unsaturated/α-hetero) is 1. The summed E-state index contributed by atoms with van der Waals surface area (Å²) in [6, 6.07) is 6.49. The van der Waals surface area contributed by atoms with Crippen LogP contribution in [0.25, 0.3) is 0 Å². The van der Waals surface area contributed by atoms with E-state index in [2.05, 4.69) is 0 Å². The van der Waals surface area contributed by atoms with E-state index in [1.54, 1.807) is 29.2 Å². The van der Waals surface area contributed by atoms with Crippen molar-refractivity contribution in [3.8, 4) is 0 Å². The van der Waals surface area contributed by atoms with Crippen molar-refractivity contribution in [1.29, 1.82) is 0 Å². The number of carbonyl (C=O) groups excluding carboxylic acids is 2. The van der Waals surface area contributed by atoms with Gasteiger partial charge in [-0.2, -0.15) is 0 Å². The minimum absolute atomic E-state index is 0.00847. The number of amides is 1. The highest BCUT2D eigenvalue weighted by atomic mass is 35.5. The van der Waals surface area contributed by atoms with Crippen LogP contribution in [0, 0.1) is 0 Å². The van der Waals surface area contributed by atoms with Crippen LogP contribution in [0.2, 0.25) is 5.02 Å². The molecule has 18 heavy (non-hydrogen) atoms. The van der Waals surface area contributed by atoms with Crippen LogP contribution in [0.4, 0.5) is 0 Å². The molecule has 1 aromatic carbocycles. The number of nitrogens with two attached hydrogens (primary N) is 1. The van der Waals surface area contributed by atoms with E-state index < -0.39 is 6.04 Å². The molecule has 0 radical (unpaired) electrons. The molecular formula is C13H15ClN2O2. The molecule has 0 aliphatic carbocycles. The van der Waals surface area contributed by atoms with Crippen molar-refractivity contribution in [2.24, 2.45) is 5.73 Å². The molecule has 1 fully saturated rings. The van der Waals surface area contributed by atoms with E-state index in [9.17, 15) is 9.59 Å². The standard InChI is InChI=1S/C13H15ClN2O2/c14-10-4-2-1-3-9(10)13(18)11-5-6-12(17)16(11)8-7-15/h1-4,11H,5-8,15H2/t11-/m0/s1. The summed E-state index contributed by atoms with van der Waals surface area (Å²) in [5.41, 5.74) is 5.94. The first kappa shape index (κ1) is 13.1. The molecule has 1 amide bonds. The van der Waals surface area contributed by atoms with Crippen LogP contribution >= 0.6 is 11.6 Å². The van der Waals surface area contributed by atoms with Crippen molar-refractivity contribution in [1.82, 2.24) is 4.90 Å². The molecule has 5 heteroatoms. The molecular weight excluding hydrogens is 252 g/mol.